The number of urea groups is 1. The van der Waals surface area contributed by atoms with Crippen molar-refractivity contribution in [1.82, 2.24) is 15.1 Å². The van der Waals surface area contributed by atoms with Gasteiger partial charge in [-0.15, -0.1) is 0 Å². The molecule has 1 unspecified atom stereocenters. The van der Waals surface area contributed by atoms with Crippen LogP contribution in [0.2, 0.25) is 0 Å². The van der Waals surface area contributed by atoms with Crippen LogP contribution in [0.15, 0.2) is 24.3 Å². The van der Waals surface area contributed by atoms with Crippen LogP contribution in [0.4, 0.5) is 4.79 Å². The van der Waals surface area contributed by atoms with Crippen LogP contribution in [0.1, 0.15) is 35.2 Å². The SMILES string of the molecule is NC(=O)C1CCCCN1C(=O)c1ccc(CN2C(=O)CNC2=O)cc1. The van der Waals surface area contributed by atoms with Crippen molar-refractivity contribution >= 4 is 23.8 Å². The van der Waals surface area contributed by atoms with Gasteiger partial charge in [-0.1, -0.05) is 12.1 Å². The lowest BCUT2D eigenvalue weighted by Gasteiger charge is -2.33. The average Bonchev–Trinajstić information content (AvgIpc) is 2.93. The fourth-order valence-corrected chi connectivity index (χ4v) is 3.19. The zero-order valence-corrected chi connectivity index (χ0v) is 13.7. The van der Waals surface area contributed by atoms with Crippen LogP contribution < -0.4 is 11.1 Å². The number of rotatable bonds is 4. The van der Waals surface area contributed by atoms with Crippen molar-refractivity contribution in [3.05, 3.63) is 35.4 Å². The van der Waals surface area contributed by atoms with Crippen LogP contribution in [0.25, 0.3) is 0 Å². The summed E-state index contributed by atoms with van der Waals surface area (Å²) in [6, 6.07) is 5.71. The van der Waals surface area contributed by atoms with Crippen molar-refractivity contribution in [3.63, 3.8) is 0 Å². The van der Waals surface area contributed by atoms with E-state index >= 15 is 0 Å². The van der Waals surface area contributed by atoms with E-state index < -0.39 is 18.0 Å². The summed E-state index contributed by atoms with van der Waals surface area (Å²) < 4.78 is 0. The summed E-state index contributed by atoms with van der Waals surface area (Å²) in [5.41, 5.74) is 6.60. The highest BCUT2D eigenvalue weighted by Crippen LogP contribution is 2.20. The second-order valence-corrected chi connectivity index (χ2v) is 6.25. The van der Waals surface area contributed by atoms with Crippen molar-refractivity contribution in [2.75, 3.05) is 13.1 Å². The number of piperidine rings is 1. The van der Waals surface area contributed by atoms with Crippen molar-refractivity contribution < 1.29 is 19.2 Å². The molecule has 3 rings (SSSR count). The number of benzene rings is 1. The Bertz CT molecular complexity index is 700. The molecule has 8 nitrogen and oxygen atoms in total. The maximum absolute atomic E-state index is 12.7. The van der Waals surface area contributed by atoms with E-state index in [2.05, 4.69) is 5.32 Å². The maximum Gasteiger partial charge on any atom is 0.324 e. The highest BCUT2D eigenvalue weighted by Gasteiger charge is 2.31. The number of nitrogens with zero attached hydrogens (tertiary/aromatic N) is 2. The number of carbonyl (C=O) groups excluding carboxylic acids is 4. The molecule has 2 heterocycles. The summed E-state index contributed by atoms with van der Waals surface area (Å²) in [6.07, 6.45) is 2.31. The van der Waals surface area contributed by atoms with Gasteiger partial charge >= 0.3 is 6.03 Å². The van der Waals surface area contributed by atoms with E-state index in [1.165, 1.54) is 4.90 Å². The summed E-state index contributed by atoms with van der Waals surface area (Å²) in [7, 11) is 0. The molecule has 2 saturated heterocycles. The van der Waals surface area contributed by atoms with Gasteiger partial charge in [0.15, 0.2) is 0 Å². The first kappa shape index (κ1) is 16.9. The Balaban J connectivity index is 1.71. The number of imide groups is 1. The monoisotopic (exact) mass is 344 g/mol. The Hall–Kier alpha value is -2.90. The normalized spacial score (nSPS) is 20.6. The molecule has 1 atom stereocenters. The summed E-state index contributed by atoms with van der Waals surface area (Å²) in [4.78, 5) is 50.1. The highest BCUT2D eigenvalue weighted by atomic mass is 16.2. The van der Waals surface area contributed by atoms with Crippen molar-refractivity contribution in [2.45, 2.75) is 31.8 Å². The second-order valence-electron chi connectivity index (χ2n) is 6.25. The predicted octanol–water partition coefficient (Wildman–Crippen LogP) is 0.218. The lowest BCUT2D eigenvalue weighted by molar-refractivity contribution is -0.125. The van der Waals surface area contributed by atoms with Gasteiger partial charge in [0.25, 0.3) is 5.91 Å². The summed E-state index contributed by atoms with van der Waals surface area (Å²) in [6.45, 7) is 0.683. The van der Waals surface area contributed by atoms with E-state index in [-0.39, 0.29) is 24.9 Å². The van der Waals surface area contributed by atoms with Crippen LogP contribution in [0.3, 0.4) is 0 Å². The van der Waals surface area contributed by atoms with E-state index in [9.17, 15) is 19.2 Å². The number of nitrogens with one attached hydrogen (secondary N) is 1. The number of carbonyl (C=O) groups is 4. The van der Waals surface area contributed by atoms with Crippen LogP contribution in [0, 0.1) is 0 Å². The smallest absolute Gasteiger partial charge is 0.324 e. The molecule has 0 bridgehead atoms. The number of amides is 5. The van der Waals surface area contributed by atoms with E-state index in [1.54, 1.807) is 24.3 Å². The Morgan fingerprint density at radius 2 is 1.88 bits per heavy atom. The Labute approximate surface area is 144 Å². The third kappa shape index (κ3) is 3.47. The molecule has 3 N–H and O–H groups in total. The number of primary amides is 1. The Kier molecular flexibility index (Phi) is 4.69. The fraction of sp³-hybridized carbons (Fsp3) is 0.412. The molecule has 8 heteroatoms. The molecule has 5 amide bonds. The first-order valence-electron chi connectivity index (χ1n) is 8.25. The van der Waals surface area contributed by atoms with E-state index in [0.717, 1.165) is 23.3 Å². The average molecular weight is 344 g/mol. The van der Waals surface area contributed by atoms with Crippen molar-refractivity contribution in [3.8, 4) is 0 Å². The van der Waals surface area contributed by atoms with E-state index in [0.29, 0.717) is 18.5 Å². The number of hydrogen-bond donors (Lipinski definition) is 2. The van der Waals surface area contributed by atoms with Crippen LogP contribution in [-0.4, -0.2) is 52.7 Å². The molecule has 0 saturated carbocycles. The third-order valence-corrected chi connectivity index (χ3v) is 4.57. The summed E-state index contributed by atoms with van der Waals surface area (Å²) in [5.74, 6) is -0.990. The summed E-state index contributed by atoms with van der Waals surface area (Å²) >= 11 is 0. The predicted molar refractivity (Wildman–Crippen MR) is 88.3 cm³/mol. The van der Waals surface area contributed by atoms with Gasteiger partial charge in [0, 0.05) is 12.1 Å². The molecule has 0 aromatic heterocycles. The molecule has 1 aromatic carbocycles. The lowest BCUT2D eigenvalue weighted by atomic mass is 10.00. The minimum absolute atomic E-state index is 0.0128. The molecule has 1 aromatic rings. The molecule has 0 spiro atoms. The molecular formula is C17H20N4O4. The summed E-state index contributed by atoms with van der Waals surface area (Å²) in [5, 5.41) is 2.46. The Morgan fingerprint density at radius 1 is 1.16 bits per heavy atom. The molecule has 0 radical (unpaired) electrons. The van der Waals surface area contributed by atoms with E-state index in [4.69, 9.17) is 5.73 Å². The standard InChI is InChI=1S/C17H20N4O4/c18-15(23)13-3-1-2-8-20(13)16(24)12-6-4-11(5-7-12)10-21-14(22)9-19-17(21)25/h4-7,13H,1-3,8-10H2,(H2,18,23)(H,19,25). The van der Waals surface area contributed by atoms with Crippen LogP contribution >= 0.6 is 0 Å². The number of nitrogens with two attached hydrogens (primary N) is 1. The van der Waals surface area contributed by atoms with Gasteiger partial charge in [0.2, 0.25) is 11.8 Å². The van der Waals surface area contributed by atoms with Gasteiger partial charge in [-0.25, -0.2) is 4.79 Å². The maximum atomic E-state index is 12.7. The van der Waals surface area contributed by atoms with Gasteiger partial charge in [-0.2, -0.15) is 0 Å². The fourth-order valence-electron chi connectivity index (χ4n) is 3.19. The minimum atomic E-state index is -0.563. The minimum Gasteiger partial charge on any atom is -0.368 e. The lowest BCUT2D eigenvalue weighted by Crippen LogP contribution is -2.50. The van der Waals surface area contributed by atoms with Gasteiger partial charge in [-0.3, -0.25) is 19.3 Å². The number of likely N-dealkylation sites (tertiary alicyclic amines) is 1. The first-order chi connectivity index (χ1) is 12.0. The van der Waals surface area contributed by atoms with Gasteiger partial charge in [0.05, 0.1) is 13.1 Å². The largest absolute Gasteiger partial charge is 0.368 e. The van der Waals surface area contributed by atoms with Crippen molar-refractivity contribution in [2.24, 2.45) is 5.73 Å². The van der Waals surface area contributed by atoms with Crippen molar-refractivity contribution in [1.29, 1.82) is 0 Å². The highest BCUT2D eigenvalue weighted by molar-refractivity contribution is 6.02. The van der Waals surface area contributed by atoms with Gasteiger partial charge in [-0.05, 0) is 37.0 Å². The molecule has 0 aliphatic carbocycles. The molecular weight excluding hydrogens is 324 g/mol. The van der Waals surface area contributed by atoms with Crippen LogP contribution in [-0.2, 0) is 16.1 Å². The molecule has 2 aliphatic rings. The van der Waals surface area contributed by atoms with Crippen LogP contribution in [0.5, 0.6) is 0 Å². The quantitative estimate of drug-likeness (QED) is 0.761. The first-order valence-corrected chi connectivity index (χ1v) is 8.25. The molecule has 25 heavy (non-hydrogen) atoms. The van der Waals surface area contributed by atoms with Gasteiger partial charge in [0.1, 0.15) is 6.04 Å². The molecule has 132 valence electrons. The third-order valence-electron chi connectivity index (χ3n) is 4.57. The van der Waals surface area contributed by atoms with Gasteiger partial charge < -0.3 is 16.0 Å². The second kappa shape index (κ2) is 6.92. The Morgan fingerprint density at radius 3 is 2.48 bits per heavy atom. The van der Waals surface area contributed by atoms with E-state index in [1.807, 2.05) is 0 Å². The zero-order chi connectivity index (χ0) is 18.0. The topological polar surface area (TPSA) is 113 Å². The molecule has 2 fully saturated rings. The molecule has 2 aliphatic heterocycles. The zero-order valence-electron chi connectivity index (χ0n) is 13.7. The number of hydrogen-bond acceptors (Lipinski definition) is 4.